The van der Waals surface area contributed by atoms with Crippen molar-refractivity contribution in [2.24, 2.45) is 0 Å². The van der Waals surface area contributed by atoms with Gasteiger partial charge in [-0.2, -0.15) is 0 Å². The van der Waals surface area contributed by atoms with Gasteiger partial charge in [0.05, 0.1) is 13.2 Å². The van der Waals surface area contributed by atoms with Crippen LogP contribution >= 0.6 is 0 Å². The van der Waals surface area contributed by atoms with Crippen molar-refractivity contribution in [2.45, 2.75) is 26.2 Å². The van der Waals surface area contributed by atoms with E-state index in [4.69, 9.17) is 9.47 Å². The fourth-order valence-corrected chi connectivity index (χ4v) is 2.21. The zero-order valence-corrected chi connectivity index (χ0v) is 13.4. The van der Waals surface area contributed by atoms with Crippen LogP contribution in [0, 0.1) is 5.82 Å². The van der Waals surface area contributed by atoms with Gasteiger partial charge in [-0.25, -0.2) is 4.39 Å². The van der Waals surface area contributed by atoms with E-state index >= 15 is 0 Å². The van der Waals surface area contributed by atoms with Gasteiger partial charge in [-0.1, -0.05) is 30.3 Å². The zero-order valence-electron chi connectivity index (χ0n) is 13.4. The van der Waals surface area contributed by atoms with Crippen LogP contribution in [-0.4, -0.2) is 24.9 Å². The minimum absolute atomic E-state index is 0.121. The molecule has 2 aromatic carbocycles. The Hall–Kier alpha value is -2.11. The van der Waals surface area contributed by atoms with Gasteiger partial charge >= 0.3 is 0 Å². The molecule has 124 valence electrons. The molecule has 23 heavy (non-hydrogen) atoms. The third-order valence-corrected chi connectivity index (χ3v) is 3.37. The molecular formula is C18H22FNO3. The van der Waals surface area contributed by atoms with Crippen LogP contribution in [0.3, 0.4) is 0 Å². The molecule has 0 saturated carbocycles. The molecule has 0 saturated heterocycles. The average molecular weight is 319 g/mol. The number of hydrogen-bond acceptors (Lipinski definition) is 4. The fourth-order valence-electron chi connectivity index (χ4n) is 2.21. The fraction of sp³-hybridized carbons (Fsp3) is 0.333. The third kappa shape index (κ3) is 4.94. The van der Waals surface area contributed by atoms with Crippen molar-refractivity contribution in [2.75, 3.05) is 13.7 Å². The Bertz CT molecular complexity index is 631. The summed E-state index contributed by atoms with van der Waals surface area (Å²) in [6.45, 7) is 2.84. The minimum atomic E-state index is -0.427. The second kappa shape index (κ2) is 8.50. The van der Waals surface area contributed by atoms with Crippen LogP contribution in [0.25, 0.3) is 0 Å². The maximum atomic E-state index is 13.7. The highest BCUT2D eigenvalue weighted by Gasteiger charge is 2.12. The maximum Gasteiger partial charge on any atom is 0.166 e. The topological polar surface area (TPSA) is 50.7 Å². The Labute approximate surface area is 135 Å². The monoisotopic (exact) mass is 319 g/mol. The van der Waals surface area contributed by atoms with Crippen molar-refractivity contribution in [1.82, 2.24) is 5.32 Å². The van der Waals surface area contributed by atoms with E-state index in [0.29, 0.717) is 30.2 Å². The second-order valence-corrected chi connectivity index (χ2v) is 5.31. The first-order chi connectivity index (χ1) is 11.1. The molecule has 0 bridgehead atoms. The lowest BCUT2D eigenvalue weighted by Crippen LogP contribution is -2.24. The van der Waals surface area contributed by atoms with Crippen molar-refractivity contribution >= 4 is 0 Å². The number of methoxy groups -OCH3 is 1. The number of aliphatic hydroxyl groups is 1. The summed E-state index contributed by atoms with van der Waals surface area (Å²) in [5.74, 6) is 0.880. The molecule has 0 heterocycles. The molecule has 4 nitrogen and oxygen atoms in total. The van der Waals surface area contributed by atoms with Gasteiger partial charge in [-0.3, -0.25) is 0 Å². The van der Waals surface area contributed by atoms with E-state index < -0.39 is 6.10 Å². The summed E-state index contributed by atoms with van der Waals surface area (Å²) in [7, 11) is 1.57. The molecule has 0 amide bonds. The van der Waals surface area contributed by atoms with Crippen molar-refractivity contribution in [3.05, 3.63) is 59.4 Å². The number of rotatable bonds is 8. The molecule has 0 fully saturated rings. The molecule has 0 aliphatic rings. The number of hydrogen-bond donors (Lipinski definition) is 2. The van der Waals surface area contributed by atoms with Crippen molar-refractivity contribution < 1.29 is 19.0 Å². The summed E-state index contributed by atoms with van der Waals surface area (Å²) in [6, 6.07) is 12.1. The largest absolute Gasteiger partial charge is 0.493 e. The molecule has 0 aliphatic carbocycles. The van der Waals surface area contributed by atoms with Crippen LogP contribution in [0.2, 0.25) is 0 Å². The smallest absolute Gasteiger partial charge is 0.166 e. The molecular weight excluding hydrogens is 297 g/mol. The highest BCUT2D eigenvalue weighted by atomic mass is 19.1. The van der Waals surface area contributed by atoms with Gasteiger partial charge in [-0.05, 0) is 19.1 Å². The lowest BCUT2D eigenvalue weighted by atomic mass is 10.1. The number of halogens is 1. The molecule has 0 radical (unpaired) electrons. The molecule has 1 atom stereocenters. The normalized spacial score (nSPS) is 12.0. The number of aliphatic hydroxyl groups excluding tert-OH is 1. The number of para-hydroxylation sites is 1. The van der Waals surface area contributed by atoms with Crippen molar-refractivity contribution in [1.29, 1.82) is 0 Å². The third-order valence-electron chi connectivity index (χ3n) is 3.37. The Morgan fingerprint density at radius 1 is 1.13 bits per heavy atom. The predicted octanol–water partition coefficient (Wildman–Crippen LogP) is 2.88. The quantitative estimate of drug-likeness (QED) is 0.785. The predicted molar refractivity (Wildman–Crippen MR) is 87.1 cm³/mol. The standard InChI is InChI=1S/C18H22FNO3/c1-13(21)10-20-11-14-7-5-9-17(22-2)18(14)23-12-15-6-3-4-8-16(15)19/h3-9,13,20-21H,10-12H2,1-2H3/t13-/m1/s1. The Morgan fingerprint density at radius 3 is 2.57 bits per heavy atom. The molecule has 5 heteroatoms. The Kier molecular flexibility index (Phi) is 6.38. The van der Waals surface area contributed by atoms with Crippen LogP contribution in [-0.2, 0) is 13.2 Å². The Morgan fingerprint density at radius 2 is 1.87 bits per heavy atom. The summed E-state index contributed by atoms with van der Waals surface area (Å²) in [6.07, 6.45) is -0.427. The number of nitrogens with one attached hydrogen (secondary N) is 1. The van der Waals surface area contributed by atoms with Crippen molar-refractivity contribution in [3.8, 4) is 11.5 Å². The first-order valence-electron chi connectivity index (χ1n) is 7.52. The molecule has 0 spiro atoms. The highest BCUT2D eigenvalue weighted by molar-refractivity contribution is 5.46. The van der Waals surface area contributed by atoms with Gasteiger partial charge in [-0.15, -0.1) is 0 Å². The summed E-state index contributed by atoms with van der Waals surface area (Å²) >= 11 is 0. The lowest BCUT2D eigenvalue weighted by molar-refractivity contribution is 0.190. The SMILES string of the molecule is COc1cccc(CNC[C@@H](C)O)c1OCc1ccccc1F. The molecule has 2 aromatic rings. The lowest BCUT2D eigenvalue weighted by Gasteiger charge is -2.16. The van der Waals surface area contributed by atoms with E-state index in [2.05, 4.69) is 5.32 Å². The van der Waals surface area contributed by atoms with Gasteiger partial charge in [0.1, 0.15) is 12.4 Å². The summed E-state index contributed by atoms with van der Waals surface area (Å²) in [5.41, 5.74) is 1.38. The maximum absolute atomic E-state index is 13.7. The van der Waals surface area contributed by atoms with Crippen LogP contribution in [0.4, 0.5) is 4.39 Å². The number of benzene rings is 2. The van der Waals surface area contributed by atoms with Crippen LogP contribution in [0.15, 0.2) is 42.5 Å². The van der Waals surface area contributed by atoms with Crippen molar-refractivity contribution in [3.63, 3.8) is 0 Å². The second-order valence-electron chi connectivity index (χ2n) is 5.31. The van der Waals surface area contributed by atoms with E-state index in [1.165, 1.54) is 6.07 Å². The first kappa shape index (κ1) is 17.2. The van der Waals surface area contributed by atoms with Gasteiger partial charge in [0.25, 0.3) is 0 Å². The van der Waals surface area contributed by atoms with Gasteiger partial charge in [0.15, 0.2) is 11.5 Å². The Balaban J connectivity index is 2.13. The van der Waals surface area contributed by atoms with Crippen LogP contribution in [0.5, 0.6) is 11.5 Å². The van der Waals surface area contributed by atoms with E-state index in [9.17, 15) is 9.50 Å². The van der Waals surface area contributed by atoms with Gasteiger partial charge < -0.3 is 19.9 Å². The summed E-state index contributed by atoms with van der Waals surface area (Å²) < 4.78 is 24.9. The summed E-state index contributed by atoms with van der Waals surface area (Å²) in [5, 5.41) is 12.5. The molecule has 2 N–H and O–H groups in total. The highest BCUT2D eigenvalue weighted by Crippen LogP contribution is 2.32. The van der Waals surface area contributed by atoms with E-state index in [0.717, 1.165) is 5.56 Å². The number of ether oxygens (including phenoxy) is 2. The molecule has 2 rings (SSSR count). The summed E-state index contributed by atoms with van der Waals surface area (Å²) in [4.78, 5) is 0. The van der Waals surface area contributed by atoms with Gasteiger partial charge in [0.2, 0.25) is 0 Å². The van der Waals surface area contributed by atoms with Gasteiger partial charge in [0, 0.05) is 24.2 Å². The van der Waals surface area contributed by atoms with Crippen LogP contribution in [0.1, 0.15) is 18.1 Å². The van der Waals surface area contributed by atoms with E-state index in [-0.39, 0.29) is 12.4 Å². The van der Waals surface area contributed by atoms with E-state index in [1.807, 2.05) is 12.1 Å². The molecule has 0 aliphatic heterocycles. The average Bonchev–Trinajstić information content (AvgIpc) is 2.54. The molecule has 0 aromatic heterocycles. The minimum Gasteiger partial charge on any atom is -0.493 e. The molecule has 0 unspecified atom stereocenters. The van der Waals surface area contributed by atoms with E-state index in [1.54, 1.807) is 38.3 Å². The zero-order chi connectivity index (χ0) is 16.7. The van der Waals surface area contributed by atoms with Crippen LogP contribution < -0.4 is 14.8 Å². The first-order valence-corrected chi connectivity index (χ1v) is 7.52.